The molecular formula is C57H51N5O. The Morgan fingerprint density at radius 2 is 1.03 bits per heavy atom. The zero-order chi connectivity index (χ0) is 43.5. The molecule has 0 atom stereocenters. The van der Waals surface area contributed by atoms with Crippen molar-refractivity contribution in [2.45, 2.75) is 64.7 Å². The molecule has 0 aliphatic heterocycles. The third-order valence-electron chi connectivity index (χ3n) is 12.8. The highest BCUT2D eigenvalue weighted by Gasteiger charge is 2.30. The number of imidazole rings is 1. The van der Waals surface area contributed by atoms with Crippen LogP contribution in [0.4, 0.5) is 0 Å². The molecule has 0 fully saturated rings. The van der Waals surface area contributed by atoms with E-state index in [1.165, 1.54) is 33.2 Å². The Hall–Kier alpha value is -7.31. The molecule has 6 heteroatoms. The number of hydrogen-bond donors (Lipinski definition) is 0. The number of pyridine rings is 2. The number of hydrogen-bond acceptors (Lipinski definition) is 3. The summed E-state index contributed by atoms with van der Waals surface area (Å²) in [5.41, 5.74) is 10.8. The fourth-order valence-electron chi connectivity index (χ4n) is 8.92. The van der Waals surface area contributed by atoms with E-state index in [4.69, 9.17) is 14.7 Å². The van der Waals surface area contributed by atoms with E-state index in [-0.39, 0.29) is 16.2 Å². The summed E-state index contributed by atoms with van der Waals surface area (Å²) in [5.74, 6) is 2.97. The minimum Gasteiger partial charge on any atom is -0.458 e. The Morgan fingerprint density at radius 3 is 1.71 bits per heavy atom. The Labute approximate surface area is 369 Å². The second kappa shape index (κ2) is 15.2. The first-order valence-corrected chi connectivity index (χ1v) is 21.7. The minimum atomic E-state index is -0.269. The summed E-state index contributed by atoms with van der Waals surface area (Å²) in [6.07, 6.45) is 7.45. The lowest BCUT2D eigenvalue weighted by Gasteiger charge is -2.32. The molecule has 0 aliphatic rings. The Balaban J connectivity index is 1.07. The maximum atomic E-state index is 6.70. The van der Waals surface area contributed by atoms with E-state index < -0.39 is 0 Å². The van der Waals surface area contributed by atoms with Crippen LogP contribution in [0.5, 0.6) is 11.5 Å². The number of para-hydroxylation sites is 3. The Kier molecular flexibility index (Phi) is 9.63. The lowest BCUT2D eigenvalue weighted by Crippen LogP contribution is -2.32. The molecule has 63 heavy (non-hydrogen) atoms. The highest BCUT2D eigenvalue weighted by atomic mass is 16.5. The molecule has 0 aliphatic carbocycles. The van der Waals surface area contributed by atoms with Crippen molar-refractivity contribution >= 4 is 32.8 Å². The van der Waals surface area contributed by atoms with Gasteiger partial charge < -0.3 is 4.74 Å². The minimum absolute atomic E-state index is 0.0168. The van der Waals surface area contributed by atoms with Crippen LogP contribution in [0.3, 0.4) is 0 Å². The van der Waals surface area contributed by atoms with Crippen LogP contribution < -0.4 is 9.30 Å². The van der Waals surface area contributed by atoms with Crippen molar-refractivity contribution in [1.29, 1.82) is 0 Å². The fourth-order valence-corrected chi connectivity index (χ4v) is 8.92. The molecule has 4 heterocycles. The van der Waals surface area contributed by atoms with Gasteiger partial charge in [0.05, 0.1) is 27.8 Å². The number of fused-ring (bicyclic) bond motifs is 4. The second-order valence-electron chi connectivity index (χ2n) is 18.6. The number of nitrogens with zero attached hydrogens (tertiary/aromatic N) is 5. The molecule has 0 unspecified atom stereocenters. The van der Waals surface area contributed by atoms with E-state index in [1.54, 1.807) is 6.20 Å². The van der Waals surface area contributed by atoms with Gasteiger partial charge in [0.15, 0.2) is 5.82 Å². The molecule has 0 amide bonds. The van der Waals surface area contributed by atoms with Gasteiger partial charge in [-0.2, -0.15) is 0 Å². The van der Waals surface area contributed by atoms with Gasteiger partial charge in [-0.3, -0.25) is 18.7 Å². The van der Waals surface area contributed by atoms with Crippen LogP contribution in [0.15, 0.2) is 182 Å². The summed E-state index contributed by atoms with van der Waals surface area (Å²) in [6.45, 7) is 15.9. The van der Waals surface area contributed by atoms with Crippen LogP contribution in [0.25, 0.3) is 50.2 Å². The Bertz CT molecular complexity index is 3230. The van der Waals surface area contributed by atoms with Crippen LogP contribution in [-0.2, 0) is 16.2 Å². The van der Waals surface area contributed by atoms with Crippen molar-refractivity contribution < 1.29 is 9.30 Å². The quantitative estimate of drug-likeness (QED) is 0.108. The summed E-state index contributed by atoms with van der Waals surface area (Å²) in [5, 5.41) is 2.31. The number of benzene rings is 6. The molecular weight excluding hydrogens is 771 g/mol. The van der Waals surface area contributed by atoms with Gasteiger partial charge in [-0.15, -0.1) is 0 Å². The van der Waals surface area contributed by atoms with Crippen molar-refractivity contribution in [2.75, 3.05) is 0 Å². The average molecular weight is 822 g/mol. The van der Waals surface area contributed by atoms with E-state index in [0.29, 0.717) is 11.6 Å². The normalized spacial score (nSPS) is 12.4. The summed E-state index contributed by atoms with van der Waals surface area (Å²) in [7, 11) is 0. The monoisotopic (exact) mass is 821 g/mol. The molecule has 310 valence electrons. The largest absolute Gasteiger partial charge is 0.458 e. The van der Waals surface area contributed by atoms with Crippen LogP contribution >= 0.6 is 0 Å². The van der Waals surface area contributed by atoms with E-state index in [0.717, 1.165) is 44.7 Å². The maximum absolute atomic E-state index is 6.70. The van der Waals surface area contributed by atoms with E-state index in [1.807, 2.05) is 29.0 Å². The lowest BCUT2D eigenvalue weighted by molar-refractivity contribution is -0.572. The SMILES string of the molecule is CC(C)(C)c1ccnc(-n2c3ccccc3c3ccc(Oc4ccnc(-n5[c-][n+](-c6cc(C(C)(C)c7ccccc7)cc(C(C)(C)c7ccccc7)c6)c6ccccc65)c4)cc32)c1. The zero-order valence-corrected chi connectivity index (χ0v) is 37.0. The van der Waals surface area contributed by atoms with Crippen LogP contribution in [-0.4, -0.2) is 19.1 Å². The molecule has 4 aromatic heterocycles. The second-order valence-corrected chi connectivity index (χ2v) is 18.6. The van der Waals surface area contributed by atoms with Crippen molar-refractivity contribution in [1.82, 2.24) is 19.1 Å². The van der Waals surface area contributed by atoms with E-state index >= 15 is 0 Å². The molecule has 0 spiro atoms. The molecule has 0 saturated heterocycles. The van der Waals surface area contributed by atoms with Crippen molar-refractivity contribution in [3.63, 3.8) is 0 Å². The summed E-state index contributed by atoms with van der Waals surface area (Å²) in [4.78, 5) is 9.76. The smallest absolute Gasteiger partial charge is 0.271 e. The van der Waals surface area contributed by atoms with Crippen LogP contribution in [0.1, 0.15) is 76.3 Å². The van der Waals surface area contributed by atoms with Gasteiger partial charge in [-0.25, -0.2) is 4.98 Å². The van der Waals surface area contributed by atoms with E-state index in [9.17, 15) is 0 Å². The maximum Gasteiger partial charge on any atom is 0.271 e. The van der Waals surface area contributed by atoms with E-state index in [2.05, 4.69) is 216 Å². The van der Waals surface area contributed by atoms with Gasteiger partial charge in [-0.05, 0) is 81.8 Å². The van der Waals surface area contributed by atoms with Crippen LogP contribution in [0.2, 0.25) is 0 Å². The predicted molar refractivity (Wildman–Crippen MR) is 256 cm³/mol. The van der Waals surface area contributed by atoms with Gasteiger partial charge in [0.2, 0.25) is 0 Å². The first-order chi connectivity index (χ1) is 30.4. The highest BCUT2D eigenvalue weighted by Crippen LogP contribution is 2.39. The molecule has 0 saturated carbocycles. The fraction of sp³-hybridized carbons (Fsp3) is 0.175. The molecule has 0 bridgehead atoms. The average Bonchev–Trinajstić information content (AvgIpc) is 3.85. The van der Waals surface area contributed by atoms with Crippen molar-refractivity contribution in [3.8, 4) is 28.8 Å². The third kappa shape index (κ3) is 7.15. The lowest BCUT2D eigenvalue weighted by atomic mass is 9.73. The van der Waals surface area contributed by atoms with Gasteiger partial charge in [0, 0.05) is 46.1 Å². The van der Waals surface area contributed by atoms with Gasteiger partial charge >= 0.3 is 0 Å². The molecule has 0 radical (unpaired) electrons. The number of rotatable bonds is 9. The topological polar surface area (TPSA) is 48.8 Å². The standard InChI is InChI=1S/C57H51N5O/c1-55(2,3)41-28-30-59-54(35-41)62-49-23-15-14-22-47(49)48-27-26-45(36-52(48)62)63-46-29-31-58-53(37-46)61-38-60(50-24-16-17-25-51(50)61)44-33-42(56(4,5)39-18-10-8-11-19-39)32-43(34-44)57(6,7)40-20-12-9-13-21-40/h8-37H,1-7H3. The predicted octanol–water partition coefficient (Wildman–Crippen LogP) is 13.3. The third-order valence-corrected chi connectivity index (χ3v) is 12.8. The first-order valence-electron chi connectivity index (χ1n) is 21.7. The van der Waals surface area contributed by atoms with Gasteiger partial charge in [0.25, 0.3) is 6.33 Å². The van der Waals surface area contributed by atoms with Crippen molar-refractivity contribution in [2.24, 2.45) is 0 Å². The van der Waals surface area contributed by atoms with Crippen molar-refractivity contribution in [3.05, 3.63) is 216 Å². The molecule has 6 aromatic carbocycles. The van der Waals surface area contributed by atoms with Gasteiger partial charge in [0.1, 0.15) is 17.3 Å². The van der Waals surface area contributed by atoms with Crippen LogP contribution in [0, 0.1) is 6.33 Å². The Morgan fingerprint density at radius 1 is 0.460 bits per heavy atom. The number of aromatic nitrogens is 5. The molecule has 10 rings (SSSR count). The molecule has 10 aromatic rings. The highest BCUT2D eigenvalue weighted by molar-refractivity contribution is 6.09. The summed E-state index contributed by atoms with van der Waals surface area (Å²) >= 11 is 0. The molecule has 6 nitrogen and oxygen atoms in total. The first kappa shape index (κ1) is 39.8. The zero-order valence-electron chi connectivity index (χ0n) is 37.0. The summed E-state index contributed by atoms with van der Waals surface area (Å²) in [6, 6.07) is 60.0. The summed E-state index contributed by atoms with van der Waals surface area (Å²) < 4.78 is 13.2. The number of ether oxygens (including phenoxy) is 1. The van der Waals surface area contributed by atoms with Gasteiger partial charge in [-0.1, -0.05) is 158 Å². The molecule has 0 N–H and O–H groups in total.